The molecule has 1 N–H and O–H groups in total. The molecule has 190 valence electrons. The number of ketones is 1. The number of hydrogen-bond donors (Lipinski definition) is 1. The topological polar surface area (TPSA) is 92.8 Å². The third-order valence-corrected chi connectivity index (χ3v) is 6.04. The molecule has 3 amide bonds. The van der Waals surface area contributed by atoms with Gasteiger partial charge in [0.1, 0.15) is 17.6 Å². The fraction of sp³-hybridized carbons (Fsp3) is 0.385. The summed E-state index contributed by atoms with van der Waals surface area (Å²) in [4.78, 5) is 50.3. The normalized spacial score (nSPS) is 20.3. The Morgan fingerprint density at radius 3 is 2.67 bits per heavy atom. The van der Waals surface area contributed by atoms with Gasteiger partial charge < -0.3 is 9.64 Å². The largest absolute Gasteiger partial charge is 0.490 e. The number of amides is 3. The zero-order valence-electron chi connectivity index (χ0n) is 20.7. The van der Waals surface area contributed by atoms with Gasteiger partial charge in [-0.15, -0.1) is 0 Å². The first-order valence-electron chi connectivity index (χ1n) is 12.0. The van der Waals surface area contributed by atoms with Gasteiger partial charge in [0.15, 0.2) is 0 Å². The lowest BCUT2D eigenvalue weighted by molar-refractivity contribution is -0.144. The average Bonchev–Trinajstić information content (AvgIpc) is 3.16. The number of ether oxygens (including phenoxy) is 1. The van der Waals surface area contributed by atoms with Crippen LogP contribution < -0.4 is 10.1 Å². The highest BCUT2D eigenvalue weighted by atomic mass is 19.3. The summed E-state index contributed by atoms with van der Waals surface area (Å²) in [6, 6.07) is 5.14. The molecule has 0 spiro atoms. The average molecular weight is 503 g/mol. The first kappa shape index (κ1) is 24.0. The third kappa shape index (κ3) is 4.98. The van der Waals surface area contributed by atoms with E-state index in [9.17, 15) is 23.6 Å². The Morgan fingerprint density at radius 2 is 1.97 bits per heavy atom. The predicted molar refractivity (Wildman–Crippen MR) is 122 cm³/mol. The molecule has 2 aliphatic rings. The molecule has 4 rings (SSSR count). The monoisotopic (exact) mass is 503 g/mol. The molecule has 2 heterocycles. The Balaban J connectivity index is 1.48. The first-order chi connectivity index (χ1) is 17.3. The van der Waals surface area contributed by atoms with Crippen molar-refractivity contribution in [3.8, 4) is 5.75 Å². The molecule has 1 fully saturated rings. The maximum atomic E-state index is 15.0. The van der Waals surface area contributed by atoms with E-state index in [-0.39, 0.29) is 31.4 Å². The van der Waals surface area contributed by atoms with Gasteiger partial charge in [-0.25, -0.2) is 4.39 Å². The Labute approximate surface area is 207 Å². The van der Waals surface area contributed by atoms with E-state index in [1.165, 1.54) is 12.1 Å². The summed E-state index contributed by atoms with van der Waals surface area (Å²) in [6.07, 6.45) is -1.31. The molecule has 2 aliphatic heterocycles. The molecule has 1 saturated heterocycles. The number of halogens is 3. The second-order valence-electron chi connectivity index (χ2n) is 9.01. The van der Waals surface area contributed by atoms with E-state index >= 15 is 8.78 Å². The number of imide groups is 1. The molecule has 0 aliphatic carbocycles. The molecule has 2 aromatic rings. The smallest absolute Gasteiger partial charge is 0.334 e. The third-order valence-electron chi connectivity index (χ3n) is 6.04. The molecule has 0 bridgehead atoms. The van der Waals surface area contributed by atoms with Crippen molar-refractivity contribution in [1.82, 2.24) is 10.2 Å². The molecular weight excluding hydrogens is 477 g/mol. The molecule has 0 unspecified atom stereocenters. The van der Waals surface area contributed by atoms with Gasteiger partial charge in [0, 0.05) is 31.0 Å². The number of nitrogens with zero attached hydrogens (tertiary/aromatic N) is 1. The Morgan fingerprint density at radius 1 is 1.22 bits per heavy atom. The van der Waals surface area contributed by atoms with Gasteiger partial charge in [-0.05, 0) is 56.0 Å². The van der Waals surface area contributed by atoms with Crippen LogP contribution in [-0.2, 0) is 33.3 Å². The fourth-order valence-corrected chi connectivity index (χ4v) is 4.28. The number of carbonyl (C=O) groups is 4. The molecule has 2 aromatic carbocycles. The Bertz CT molecular complexity index is 1300. The number of piperidine rings is 1. The summed E-state index contributed by atoms with van der Waals surface area (Å²) in [7, 11) is 0. The van der Waals surface area contributed by atoms with Gasteiger partial charge >= 0.3 is 5.92 Å². The van der Waals surface area contributed by atoms with Gasteiger partial charge in [-0.3, -0.25) is 24.5 Å². The Hall–Kier alpha value is -3.69. The molecular formula is C26H25F3N2O5. The van der Waals surface area contributed by atoms with E-state index in [0.717, 1.165) is 23.1 Å². The van der Waals surface area contributed by atoms with E-state index < -0.39 is 65.1 Å². The Kier molecular flexibility index (Phi) is 6.51. The maximum Gasteiger partial charge on any atom is 0.334 e. The van der Waals surface area contributed by atoms with E-state index in [1.807, 2.05) is 0 Å². The van der Waals surface area contributed by atoms with Crippen molar-refractivity contribution in [1.29, 1.82) is 0 Å². The zero-order valence-corrected chi connectivity index (χ0v) is 19.7. The quantitative estimate of drug-likeness (QED) is 0.555. The number of Topliss-reactive ketones (excluding diaryl/α,β-unsaturated/α-hetero) is 1. The van der Waals surface area contributed by atoms with Crippen LogP contribution in [0.15, 0.2) is 36.4 Å². The van der Waals surface area contributed by atoms with Crippen molar-refractivity contribution in [3.63, 3.8) is 0 Å². The van der Waals surface area contributed by atoms with Crippen LogP contribution in [0.5, 0.6) is 5.75 Å². The van der Waals surface area contributed by atoms with Gasteiger partial charge in [0.2, 0.25) is 17.6 Å². The van der Waals surface area contributed by atoms with Crippen LogP contribution in [0.3, 0.4) is 0 Å². The summed E-state index contributed by atoms with van der Waals surface area (Å²) in [6.45, 7) is 3.12. The van der Waals surface area contributed by atoms with Crippen LogP contribution in [0.1, 0.15) is 61.5 Å². The van der Waals surface area contributed by atoms with Crippen molar-refractivity contribution < 1.29 is 38.5 Å². The first-order valence-corrected chi connectivity index (χ1v) is 11.5. The minimum absolute atomic E-state index is 0.0571. The predicted octanol–water partition coefficient (Wildman–Crippen LogP) is 3.67. The number of carbonyl (C=O) groups excluding carboxylic acids is 4. The minimum Gasteiger partial charge on any atom is -0.490 e. The minimum atomic E-state index is -3.91. The molecule has 10 heteroatoms. The standard InChI is InChI=1S/C26H25F3N2O5/c1-14(2)36-21-12-17(27)5-7-19(21)26(28,29)22(32)9-4-15-3-6-18-16(11-15)13-31(25(18)35)20-8-10-23(33)30-24(20)34/h3,5-7,11-12,14,20H,4,8-10,13H2,1-2H3,(H,30,33,34)/t20-/m1/s1/i20D. The SMILES string of the molecule is [2H][C@@]1(N2Cc3cc(CCC(=O)C(F)(F)c4ccc(F)cc4OC(C)C)ccc3C2=O)CCC(=O)NC1=O. The number of rotatable bonds is 8. The van der Waals surface area contributed by atoms with Gasteiger partial charge in [0.05, 0.1) is 13.0 Å². The highest BCUT2D eigenvalue weighted by Gasteiger charge is 2.43. The van der Waals surface area contributed by atoms with Crippen LogP contribution in [0.2, 0.25) is 0 Å². The van der Waals surface area contributed by atoms with Crippen molar-refractivity contribution in [2.45, 2.75) is 64.1 Å². The van der Waals surface area contributed by atoms with Crippen LogP contribution in [0.4, 0.5) is 13.2 Å². The van der Waals surface area contributed by atoms with Crippen molar-refractivity contribution in [2.24, 2.45) is 0 Å². The lowest BCUT2D eigenvalue weighted by Crippen LogP contribution is -2.52. The van der Waals surface area contributed by atoms with Gasteiger partial charge in [-0.2, -0.15) is 8.78 Å². The summed E-state index contributed by atoms with van der Waals surface area (Å²) in [5.74, 6) is -8.38. The highest BCUT2D eigenvalue weighted by Crippen LogP contribution is 2.38. The molecule has 1 atom stereocenters. The molecule has 0 saturated carbocycles. The highest BCUT2D eigenvalue weighted by molar-refractivity contribution is 6.05. The van der Waals surface area contributed by atoms with E-state index in [2.05, 4.69) is 5.32 Å². The lowest BCUT2D eigenvalue weighted by atomic mass is 9.97. The summed E-state index contributed by atoms with van der Waals surface area (Å²) in [5, 5.41) is 2.09. The number of alkyl halides is 2. The molecule has 0 aromatic heterocycles. The lowest BCUT2D eigenvalue weighted by Gasteiger charge is -2.29. The van der Waals surface area contributed by atoms with E-state index in [1.54, 1.807) is 19.9 Å². The second kappa shape index (κ2) is 9.75. The van der Waals surface area contributed by atoms with Crippen molar-refractivity contribution in [2.75, 3.05) is 0 Å². The molecule has 7 nitrogen and oxygen atoms in total. The van der Waals surface area contributed by atoms with E-state index in [0.29, 0.717) is 11.1 Å². The number of fused-ring (bicyclic) bond motifs is 1. The van der Waals surface area contributed by atoms with Crippen LogP contribution in [-0.4, -0.2) is 40.5 Å². The van der Waals surface area contributed by atoms with Crippen LogP contribution in [0.25, 0.3) is 0 Å². The van der Waals surface area contributed by atoms with E-state index in [4.69, 9.17) is 6.11 Å². The number of benzene rings is 2. The van der Waals surface area contributed by atoms with Crippen LogP contribution in [0, 0.1) is 5.82 Å². The zero-order chi connectivity index (χ0) is 27.1. The fourth-order valence-electron chi connectivity index (χ4n) is 4.28. The summed E-state index contributed by atoms with van der Waals surface area (Å²) >= 11 is 0. The van der Waals surface area contributed by atoms with Crippen LogP contribution >= 0.6 is 0 Å². The summed E-state index contributed by atoms with van der Waals surface area (Å²) < 4.78 is 57.5. The molecule has 36 heavy (non-hydrogen) atoms. The number of hydrogen-bond acceptors (Lipinski definition) is 5. The van der Waals surface area contributed by atoms with Gasteiger partial charge in [0.25, 0.3) is 5.91 Å². The molecule has 0 radical (unpaired) electrons. The number of nitrogens with one attached hydrogen (secondary N) is 1. The van der Waals surface area contributed by atoms with Crippen molar-refractivity contribution in [3.05, 3.63) is 64.5 Å². The summed E-state index contributed by atoms with van der Waals surface area (Å²) in [5.41, 5.74) is 0.549. The maximum absolute atomic E-state index is 15.0. The second-order valence-corrected chi connectivity index (χ2v) is 9.01. The number of aryl methyl sites for hydroxylation is 1. The van der Waals surface area contributed by atoms with Crippen molar-refractivity contribution >= 4 is 23.5 Å². The van der Waals surface area contributed by atoms with Gasteiger partial charge in [-0.1, -0.05) is 12.1 Å².